The molecule has 1 aliphatic heterocycles. The van der Waals surface area contributed by atoms with Crippen LogP contribution in [0.5, 0.6) is 0 Å². The molecule has 0 aliphatic carbocycles. The standard InChI is InChI=1S/C15H22N2O2S/c1-3-20-14-6-4-13(5-7-14)12(2)16-15(18)17-8-10-19-11-9-17/h4-7,12H,3,8-11H2,1-2H3,(H,16,18)/t12-/m0/s1. The van der Waals surface area contributed by atoms with E-state index in [0.717, 1.165) is 11.3 Å². The van der Waals surface area contributed by atoms with Crippen molar-refractivity contribution in [2.24, 2.45) is 0 Å². The minimum atomic E-state index is -0.00666. The Hall–Kier alpha value is -1.20. The summed E-state index contributed by atoms with van der Waals surface area (Å²) in [7, 11) is 0. The molecule has 20 heavy (non-hydrogen) atoms. The maximum atomic E-state index is 12.1. The minimum Gasteiger partial charge on any atom is -0.378 e. The van der Waals surface area contributed by atoms with Crippen molar-refractivity contribution < 1.29 is 9.53 Å². The zero-order valence-corrected chi connectivity index (χ0v) is 12.9. The lowest BCUT2D eigenvalue weighted by molar-refractivity contribution is 0.0526. The first-order chi connectivity index (χ1) is 9.70. The van der Waals surface area contributed by atoms with Crippen LogP contribution in [0.15, 0.2) is 29.2 Å². The smallest absolute Gasteiger partial charge is 0.318 e. The molecule has 1 fully saturated rings. The normalized spacial score (nSPS) is 16.8. The van der Waals surface area contributed by atoms with E-state index in [-0.39, 0.29) is 12.1 Å². The van der Waals surface area contributed by atoms with Crippen LogP contribution in [0.4, 0.5) is 4.79 Å². The van der Waals surface area contributed by atoms with Crippen molar-refractivity contribution in [3.8, 4) is 0 Å². The van der Waals surface area contributed by atoms with E-state index in [1.807, 2.05) is 18.7 Å². The highest BCUT2D eigenvalue weighted by atomic mass is 32.2. The number of nitrogens with zero attached hydrogens (tertiary/aromatic N) is 1. The third-order valence-electron chi connectivity index (χ3n) is 3.33. The average Bonchev–Trinajstić information content (AvgIpc) is 2.49. The fraction of sp³-hybridized carbons (Fsp3) is 0.533. The number of urea groups is 1. The summed E-state index contributed by atoms with van der Waals surface area (Å²) in [5, 5.41) is 3.04. The molecule has 1 saturated heterocycles. The van der Waals surface area contributed by atoms with Crippen LogP contribution in [0.3, 0.4) is 0 Å². The van der Waals surface area contributed by atoms with Gasteiger partial charge in [-0.15, -0.1) is 11.8 Å². The van der Waals surface area contributed by atoms with Crippen molar-refractivity contribution in [3.05, 3.63) is 29.8 Å². The van der Waals surface area contributed by atoms with Crippen LogP contribution in [0.2, 0.25) is 0 Å². The Morgan fingerprint density at radius 2 is 2.00 bits per heavy atom. The van der Waals surface area contributed by atoms with Crippen LogP contribution in [-0.4, -0.2) is 43.0 Å². The van der Waals surface area contributed by atoms with Gasteiger partial charge in [0.05, 0.1) is 19.3 Å². The molecule has 1 aromatic carbocycles. The van der Waals surface area contributed by atoms with Gasteiger partial charge in [-0.05, 0) is 30.4 Å². The van der Waals surface area contributed by atoms with Gasteiger partial charge in [-0.2, -0.15) is 0 Å². The second-order valence-corrected chi connectivity index (χ2v) is 6.11. The molecule has 2 rings (SSSR count). The molecule has 110 valence electrons. The number of rotatable bonds is 4. The number of nitrogens with one attached hydrogen (secondary N) is 1. The molecule has 1 aromatic rings. The van der Waals surface area contributed by atoms with Crippen LogP contribution < -0.4 is 5.32 Å². The SMILES string of the molecule is CCSc1ccc([C@H](C)NC(=O)N2CCOCC2)cc1. The van der Waals surface area contributed by atoms with E-state index in [4.69, 9.17) is 4.74 Å². The molecule has 0 unspecified atom stereocenters. The van der Waals surface area contributed by atoms with Gasteiger partial charge in [0.2, 0.25) is 0 Å². The Morgan fingerprint density at radius 3 is 2.60 bits per heavy atom. The first-order valence-corrected chi connectivity index (χ1v) is 8.05. The highest BCUT2D eigenvalue weighted by molar-refractivity contribution is 7.99. The van der Waals surface area contributed by atoms with E-state index in [0.29, 0.717) is 26.3 Å². The van der Waals surface area contributed by atoms with E-state index in [1.165, 1.54) is 4.90 Å². The molecule has 1 N–H and O–H groups in total. The third kappa shape index (κ3) is 4.15. The lowest BCUT2D eigenvalue weighted by Crippen LogP contribution is -2.46. The number of carbonyl (C=O) groups is 1. The molecule has 0 bridgehead atoms. The summed E-state index contributed by atoms with van der Waals surface area (Å²) in [5.41, 5.74) is 1.13. The monoisotopic (exact) mass is 294 g/mol. The summed E-state index contributed by atoms with van der Waals surface area (Å²) < 4.78 is 5.25. The highest BCUT2D eigenvalue weighted by Crippen LogP contribution is 2.20. The van der Waals surface area contributed by atoms with E-state index in [2.05, 4.69) is 36.5 Å². The van der Waals surface area contributed by atoms with Gasteiger partial charge in [0.15, 0.2) is 0 Å². The Labute approximate surface area is 124 Å². The van der Waals surface area contributed by atoms with Gasteiger partial charge in [-0.1, -0.05) is 19.1 Å². The molecule has 2 amide bonds. The number of ether oxygens (including phenoxy) is 1. The summed E-state index contributed by atoms with van der Waals surface area (Å²) in [6.45, 7) is 6.76. The zero-order chi connectivity index (χ0) is 14.4. The Kier molecular flexibility index (Phi) is 5.73. The predicted molar refractivity (Wildman–Crippen MR) is 82.2 cm³/mol. The van der Waals surface area contributed by atoms with Gasteiger partial charge in [0.1, 0.15) is 0 Å². The van der Waals surface area contributed by atoms with E-state index >= 15 is 0 Å². The number of carbonyl (C=O) groups excluding carboxylic acids is 1. The maximum absolute atomic E-state index is 12.1. The van der Waals surface area contributed by atoms with Gasteiger partial charge in [-0.3, -0.25) is 0 Å². The van der Waals surface area contributed by atoms with Crippen molar-refractivity contribution in [2.75, 3.05) is 32.1 Å². The quantitative estimate of drug-likeness (QED) is 0.868. The topological polar surface area (TPSA) is 41.6 Å². The van der Waals surface area contributed by atoms with Crippen molar-refractivity contribution in [1.82, 2.24) is 10.2 Å². The summed E-state index contributed by atoms with van der Waals surface area (Å²) in [6.07, 6.45) is 0. The van der Waals surface area contributed by atoms with Crippen LogP contribution in [-0.2, 0) is 4.74 Å². The third-order valence-corrected chi connectivity index (χ3v) is 4.22. The van der Waals surface area contributed by atoms with Gasteiger partial charge >= 0.3 is 6.03 Å². The molecule has 0 spiro atoms. The summed E-state index contributed by atoms with van der Waals surface area (Å²) >= 11 is 1.82. The number of hydrogen-bond acceptors (Lipinski definition) is 3. The Bertz CT molecular complexity index is 430. The summed E-state index contributed by atoms with van der Waals surface area (Å²) in [4.78, 5) is 15.2. The fourth-order valence-electron chi connectivity index (χ4n) is 2.15. The van der Waals surface area contributed by atoms with E-state index in [9.17, 15) is 4.79 Å². The van der Waals surface area contributed by atoms with Gasteiger partial charge in [0.25, 0.3) is 0 Å². The van der Waals surface area contributed by atoms with Crippen molar-refractivity contribution in [1.29, 1.82) is 0 Å². The number of amides is 2. The lowest BCUT2D eigenvalue weighted by Gasteiger charge is -2.28. The molecular formula is C15H22N2O2S. The Balaban J connectivity index is 1.89. The first-order valence-electron chi connectivity index (χ1n) is 7.06. The lowest BCUT2D eigenvalue weighted by atomic mass is 10.1. The number of benzene rings is 1. The molecule has 0 aromatic heterocycles. The maximum Gasteiger partial charge on any atom is 0.318 e. The molecule has 4 nitrogen and oxygen atoms in total. The molecule has 1 atom stereocenters. The Morgan fingerprint density at radius 1 is 1.35 bits per heavy atom. The number of morpholine rings is 1. The van der Waals surface area contributed by atoms with Gasteiger partial charge < -0.3 is 15.0 Å². The largest absolute Gasteiger partial charge is 0.378 e. The van der Waals surface area contributed by atoms with Crippen LogP contribution in [0.25, 0.3) is 0 Å². The minimum absolute atomic E-state index is 0.00666. The highest BCUT2D eigenvalue weighted by Gasteiger charge is 2.18. The fourth-order valence-corrected chi connectivity index (χ4v) is 2.81. The van der Waals surface area contributed by atoms with Gasteiger partial charge in [0, 0.05) is 18.0 Å². The van der Waals surface area contributed by atoms with E-state index in [1.54, 1.807) is 4.90 Å². The van der Waals surface area contributed by atoms with Crippen LogP contribution >= 0.6 is 11.8 Å². The zero-order valence-electron chi connectivity index (χ0n) is 12.1. The number of hydrogen-bond donors (Lipinski definition) is 1. The van der Waals surface area contributed by atoms with Crippen LogP contribution in [0, 0.1) is 0 Å². The summed E-state index contributed by atoms with van der Waals surface area (Å²) in [5.74, 6) is 1.07. The predicted octanol–water partition coefficient (Wildman–Crippen LogP) is 2.90. The van der Waals surface area contributed by atoms with E-state index < -0.39 is 0 Å². The first kappa shape index (κ1) is 15.2. The molecule has 0 saturated carbocycles. The molecule has 5 heteroatoms. The second kappa shape index (κ2) is 7.55. The van der Waals surface area contributed by atoms with Crippen molar-refractivity contribution in [3.63, 3.8) is 0 Å². The van der Waals surface area contributed by atoms with Crippen molar-refractivity contribution in [2.45, 2.75) is 24.8 Å². The van der Waals surface area contributed by atoms with Crippen molar-refractivity contribution >= 4 is 17.8 Å². The molecule has 1 heterocycles. The summed E-state index contributed by atoms with van der Waals surface area (Å²) in [6, 6.07) is 8.41. The molecule has 0 radical (unpaired) electrons. The molecule has 1 aliphatic rings. The second-order valence-electron chi connectivity index (χ2n) is 4.77. The molecular weight excluding hydrogens is 272 g/mol. The number of thioether (sulfide) groups is 1. The van der Waals surface area contributed by atoms with Gasteiger partial charge in [-0.25, -0.2) is 4.79 Å². The average molecular weight is 294 g/mol. The van der Waals surface area contributed by atoms with Crippen LogP contribution in [0.1, 0.15) is 25.5 Å².